The van der Waals surface area contributed by atoms with E-state index in [1.165, 1.54) is 6.07 Å². The van der Waals surface area contributed by atoms with Crippen LogP contribution in [-0.4, -0.2) is 34.5 Å². The molecule has 0 fully saturated rings. The highest BCUT2D eigenvalue weighted by Crippen LogP contribution is 2.26. The van der Waals surface area contributed by atoms with Crippen molar-refractivity contribution in [3.8, 4) is 11.6 Å². The predicted molar refractivity (Wildman–Crippen MR) is 47.2 cm³/mol. The highest BCUT2D eigenvalue weighted by molar-refractivity contribution is 5.85. The third kappa shape index (κ3) is 1.85. The van der Waals surface area contributed by atoms with E-state index in [1.54, 1.807) is 0 Å². The molecule has 6 nitrogen and oxygen atoms in total. The van der Waals surface area contributed by atoms with Crippen molar-refractivity contribution >= 4 is 18.4 Å². The number of rotatable bonds is 1. The molecule has 7 heteroatoms. The number of carbonyl (C=O) groups is 1. The van der Waals surface area contributed by atoms with Gasteiger partial charge in [0.15, 0.2) is 11.4 Å². The van der Waals surface area contributed by atoms with Gasteiger partial charge in [-0.05, 0) is 0 Å². The molecule has 14 heavy (non-hydrogen) atoms. The molecule has 0 spiro atoms. The fourth-order valence-corrected chi connectivity index (χ4v) is 0.961. The fourth-order valence-electron chi connectivity index (χ4n) is 0.961. The number of halogens is 1. The van der Waals surface area contributed by atoms with Gasteiger partial charge in [0.2, 0.25) is 0 Å². The van der Waals surface area contributed by atoms with E-state index in [2.05, 4.69) is 10.2 Å². The lowest BCUT2D eigenvalue weighted by Crippen LogP contribution is -2.18. The van der Waals surface area contributed by atoms with Crippen LogP contribution >= 0.6 is 12.4 Å². The van der Waals surface area contributed by atoms with Gasteiger partial charge >= 0.3 is 5.97 Å². The number of fused-ring (bicyclic) bond motifs is 1. The molecule has 76 valence electrons. The maximum absolute atomic E-state index is 10.5. The minimum absolute atomic E-state index is 0. The molecule has 0 radical (unpaired) electrons. The van der Waals surface area contributed by atoms with Gasteiger partial charge in [-0.3, -0.25) is 0 Å². The number of carboxylic acid groups (broad SMARTS) is 1. The Kier molecular flexibility index (Phi) is 3.08. The van der Waals surface area contributed by atoms with E-state index >= 15 is 0 Å². The molecule has 0 atom stereocenters. The van der Waals surface area contributed by atoms with Crippen LogP contribution in [0.25, 0.3) is 0 Å². The summed E-state index contributed by atoms with van der Waals surface area (Å²) in [7, 11) is 0. The Hall–Kier alpha value is -1.56. The topological polar surface area (TPSA) is 81.5 Å². The molecule has 0 amide bonds. The summed E-state index contributed by atoms with van der Waals surface area (Å²) in [6.45, 7) is 0.811. The van der Waals surface area contributed by atoms with Crippen LogP contribution in [-0.2, 0) is 0 Å². The predicted octanol–water partition coefficient (Wildman–Crippen LogP) is 0.368. The average Bonchev–Trinajstić information content (AvgIpc) is 2.17. The van der Waals surface area contributed by atoms with Gasteiger partial charge in [-0.1, -0.05) is 0 Å². The molecule has 1 N–H and O–H groups in total. The second kappa shape index (κ2) is 4.10. The molecule has 0 bridgehead atoms. The summed E-state index contributed by atoms with van der Waals surface area (Å²) >= 11 is 0. The van der Waals surface area contributed by atoms with Gasteiger partial charge in [-0.15, -0.1) is 22.6 Å². The third-order valence-electron chi connectivity index (χ3n) is 1.53. The van der Waals surface area contributed by atoms with E-state index in [-0.39, 0.29) is 24.0 Å². The number of nitrogens with zero attached hydrogens (tertiary/aromatic N) is 2. The largest absolute Gasteiger partial charge is 0.484 e. The number of aromatic carboxylic acids is 1. The van der Waals surface area contributed by atoms with E-state index in [4.69, 9.17) is 14.6 Å². The Bertz CT molecular complexity index is 358. The monoisotopic (exact) mass is 218 g/mol. The first-order valence-electron chi connectivity index (χ1n) is 3.64. The first kappa shape index (κ1) is 10.5. The average molecular weight is 219 g/mol. The van der Waals surface area contributed by atoms with Gasteiger partial charge in [0.05, 0.1) is 0 Å². The first-order chi connectivity index (χ1) is 6.27. The Morgan fingerprint density at radius 2 is 2.07 bits per heavy atom. The van der Waals surface area contributed by atoms with E-state index < -0.39 is 5.97 Å². The Morgan fingerprint density at radius 3 is 2.79 bits per heavy atom. The fraction of sp³-hybridized carbons (Fsp3) is 0.286. The maximum Gasteiger partial charge on any atom is 0.356 e. The van der Waals surface area contributed by atoms with Gasteiger partial charge in [0, 0.05) is 6.07 Å². The van der Waals surface area contributed by atoms with Crippen molar-refractivity contribution in [2.24, 2.45) is 0 Å². The lowest BCUT2D eigenvalue weighted by atomic mass is 10.3. The number of aromatic nitrogens is 2. The lowest BCUT2D eigenvalue weighted by molar-refractivity contribution is 0.0686. The molecule has 0 saturated heterocycles. The van der Waals surface area contributed by atoms with Crippen LogP contribution < -0.4 is 9.47 Å². The lowest BCUT2D eigenvalue weighted by Gasteiger charge is -2.15. The summed E-state index contributed by atoms with van der Waals surface area (Å²) in [6, 6.07) is 1.30. The molecule has 0 unspecified atom stereocenters. The first-order valence-corrected chi connectivity index (χ1v) is 3.64. The number of carboxylic acids is 1. The highest BCUT2D eigenvalue weighted by Gasteiger charge is 2.16. The standard InChI is InChI=1S/C7H6N2O4.ClH/c10-7(11)4-3-5-6(9-8-4)13-2-1-12-5;/h3H,1-2H2,(H,10,11);1H. The zero-order valence-corrected chi connectivity index (χ0v) is 7.78. The van der Waals surface area contributed by atoms with Crippen molar-refractivity contribution in [2.75, 3.05) is 13.2 Å². The molecule has 2 rings (SSSR count). The van der Waals surface area contributed by atoms with E-state index in [1.807, 2.05) is 0 Å². The minimum atomic E-state index is -1.13. The van der Waals surface area contributed by atoms with Crippen LogP contribution in [0, 0.1) is 0 Å². The zero-order chi connectivity index (χ0) is 9.26. The highest BCUT2D eigenvalue weighted by atomic mass is 35.5. The van der Waals surface area contributed by atoms with Gasteiger partial charge in [0.25, 0.3) is 5.88 Å². The Balaban J connectivity index is 0.000000980. The summed E-state index contributed by atoms with van der Waals surface area (Å²) in [4.78, 5) is 10.5. The third-order valence-corrected chi connectivity index (χ3v) is 1.53. The molecule has 0 aromatic carbocycles. The second-order valence-electron chi connectivity index (χ2n) is 2.40. The quantitative estimate of drug-likeness (QED) is 0.733. The van der Waals surface area contributed by atoms with Crippen LogP contribution in [0.3, 0.4) is 0 Å². The number of hydrogen-bond acceptors (Lipinski definition) is 5. The summed E-state index contributed by atoms with van der Waals surface area (Å²) in [5.74, 6) is -0.556. The van der Waals surface area contributed by atoms with Crippen LogP contribution in [0.1, 0.15) is 10.5 Å². The van der Waals surface area contributed by atoms with Crippen LogP contribution in [0.5, 0.6) is 11.6 Å². The number of hydrogen-bond donors (Lipinski definition) is 1. The van der Waals surface area contributed by atoms with Crippen molar-refractivity contribution in [1.82, 2.24) is 10.2 Å². The van der Waals surface area contributed by atoms with E-state index in [0.29, 0.717) is 19.0 Å². The van der Waals surface area contributed by atoms with Crippen molar-refractivity contribution in [1.29, 1.82) is 0 Å². The van der Waals surface area contributed by atoms with Gasteiger partial charge in [-0.2, -0.15) is 0 Å². The minimum Gasteiger partial charge on any atom is -0.484 e. The van der Waals surface area contributed by atoms with Crippen molar-refractivity contribution in [3.63, 3.8) is 0 Å². The van der Waals surface area contributed by atoms with E-state index in [0.717, 1.165) is 0 Å². The normalized spacial score (nSPS) is 12.9. The second-order valence-corrected chi connectivity index (χ2v) is 2.40. The smallest absolute Gasteiger partial charge is 0.356 e. The zero-order valence-electron chi connectivity index (χ0n) is 6.97. The van der Waals surface area contributed by atoms with Crippen molar-refractivity contribution < 1.29 is 19.4 Å². The molecular weight excluding hydrogens is 212 g/mol. The molecule has 1 aliphatic rings. The van der Waals surface area contributed by atoms with Crippen LogP contribution in [0.15, 0.2) is 6.07 Å². The Labute approximate surface area is 85.3 Å². The van der Waals surface area contributed by atoms with Crippen LogP contribution in [0.2, 0.25) is 0 Å². The maximum atomic E-state index is 10.5. The molecule has 0 aliphatic carbocycles. The van der Waals surface area contributed by atoms with Crippen molar-refractivity contribution in [2.45, 2.75) is 0 Å². The van der Waals surface area contributed by atoms with Gasteiger partial charge in [0.1, 0.15) is 13.2 Å². The molecule has 1 aromatic heterocycles. The molecular formula is C7H7ClN2O4. The molecule has 1 aliphatic heterocycles. The summed E-state index contributed by atoms with van der Waals surface area (Å²) in [6.07, 6.45) is 0. The summed E-state index contributed by atoms with van der Waals surface area (Å²) < 4.78 is 10.2. The van der Waals surface area contributed by atoms with E-state index in [9.17, 15) is 4.79 Å². The van der Waals surface area contributed by atoms with Crippen molar-refractivity contribution in [3.05, 3.63) is 11.8 Å². The SMILES string of the molecule is Cl.O=C(O)c1cc2c(nn1)OCCO2. The summed E-state index contributed by atoms with van der Waals surface area (Å²) in [5.41, 5.74) is -0.149. The molecule has 1 aromatic rings. The molecule has 2 heterocycles. The van der Waals surface area contributed by atoms with Gasteiger partial charge in [-0.25, -0.2) is 4.79 Å². The van der Waals surface area contributed by atoms with Gasteiger partial charge < -0.3 is 14.6 Å². The number of ether oxygens (including phenoxy) is 2. The summed E-state index contributed by atoms with van der Waals surface area (Å²) in [5, 5.41) is 15.6. The molecule has 0 saturated carbocycles. The Morgan fingerprint density at radius 1 is 1.36 bits per heavy atom. The van der Waals surface area contributed by atoms with Crippen LogP contribution in [0.4, 0.5) is 0 Å².